The van der Waals surface area contributed by atoms with Crippen LogP contribution in [0.1, 0.15) is 12.0 Å². The Labute approximate surface area is 159 Å². The first-order chi connectivity index (χ1) is 13.0. The van der Waals surface area contributed by atoms with Crippen molar-refractivity contribution < 1.29 is 33.6 Å². The van der Waals surface area contributed by atoms with Crippen molar-refractivity contribution in [3.8, 4) is 11.5 Å². The number of carbonyl (C=O) groups excluding carboxylic acids is 2. The summed E-state index contributed by atoms with van der Waals surface area (Å²) in [5, 5.41) is 8.75. The van der Waals surface area contributed by atoms with E-state index < -0.39 is 5.97 Å². The summed E-state index contributed by atoms with van der Waals surface area (Å²) in [7, 11) is 4.40. The van der Waals surface area contributed by atoms with Crippen LogP contribution in [-0.4, -0.2) is 76.1 Å². The van der Waals surface area contributed by atoms with Crippen molar-refractivity contribution in [3.63, 3.8) is 0 Å². The van der Waals surface area contributed by atoms with Gasteiger partial charge in [0.25, 0.3) is 0 Å². The van der Waals surface area contributed by atoms with Gasteiger partial charge in [0.15, 0.2) is 0 Å². The lowest BCUT2D eigenvalue weighted by Crippen LogP contribution is -2.35. The molecule has 0 aliphatic heterocycles. The molecule has 1 aromatic carbocycles. The van der Waals surface area contributed by atoms with Crippen molar-refractivity contribution in [2.75, 3.05) is 54.2 Å². The normalized spacial score (nSPS) is 10.7. The van der Waals surface area contributed by atoms with E-state index in [0.29, 0.717) is 17.1 Å². The van der Waals surface area contributed by atoms with E-state index >= 15 is 0 Å². The number of methoxy groups -OCH3 is 3. The largest absolute Gasteiger partial charge is 0.497 e. The van der Waals surface area contributed by atoms with Crippen LogP contribution >= 0.6 is 0 Å². The molecule has 0 unspecified atom stereocenters. The molecule has 8 heteroatoms. The van der Waals surface area contributed by atoms with Crippen molar-refractivity contribution in [2.24, 2.45) is 0 Å². The summed E-state index contributed by atoms with van der Waals surface area (Å²) in [6.07, 6.45) is 3.11. The molecule has 0 spiro atoms. The van der Waals surface area contributed by atoms with Gasteiger partial charge in [0.1, 0.15) is 11.5 Å². The fourth-order valence-electron chi connectivity index (χ4n) is 2.24. The molecule has 0 bridgehead atoms. The molecule has 0 aliphatic carbocycles. The van der Waals surface area contributed by atoms with Gasteiger partial charge in [-0.25, -0.2) is 0 Å². The highest BCUT2D eigenvalue weighted by Gasteiger charge is 2.13. The first-order valence-corrected chi connectivity index (χ1v) is 8.50. The molecular weight excluding hydrogens is 354 g/mol. The van der Waals surface area contributed by atoms with Gasteiger partial charge in [0, 0.05) is 24.7 Å². The van der Waals surface area contributed by atoms with E-state index in [2.05, 4.69) is 4.74 Å². The molecule has 0 atom stereocenters. The molecule has 27 heavy (non-hydrogen) atoms. The highest BCUT2D eigenvalue weighted by molar-refractivity contribution is 5.92. The molecule has 0 aromatic heterocycles. The Hall–Kier alpha value is -2.58. The van der Waals surface area contributed by atoms with Gasteiger partial charge in [-0.05, 0) is 24.3 Å². The minimum absolute atomic E-state index is 0.0819. The van der Waals surface area contributed by atoms with Crippen LogP contribution in [0.3, 0.4) is 0 Å². The summed E-state index contributed by atoms with van der Waals surface area (Å²) in [5.74, 6) is 0.564. The quantitative estimate of drug-likeness (QED) is 0.329. The Balaban J connectivity index is 2.83. The van der Waals surface area contributed by atoms with Crippen molar-refractivity contribution >= 4 is 18.0 Å². The summed E-state index contributed by atoms with van der Waals surface area (Å²) in [6, 6.07) is 5.27. The average molecular weight is 381 g/mol. The Morgan fingerprint density at radius 2 is 1.89 bits per heavy atom. The molecule has 0 aliphatic rings. The Morgan fingerprint density at radius 1 is 1.11 bits per heavy atom. The van der Waals surface area contributed by atoms with Crippen LogP contribution in [-0.2, 0) is 19.1 Å². The van der Waals surface area contributed by atoms with Gasteiger partial charge < -0.3 is 29.0 Å². The first kappa shape index (κ1) is 22.5. The van der Waals surface area contributed by atoms with Gasteiger partial charge in [-0.1, -0.05) is 0 Å². The number of aliphatic hydroxyl groups excluding tert-OH is 1. The van der Waals surface area contributed by atoms with Gasteiger partial charge in [-0.2, -0.15) is 0 Å². The van der Waals surface area contributed by atoms with E-state index in [0.717, 1.165) is 0 Å². The zero-order valence-corrected chi connectivity index (χ0v) is 16.0. The van der Waals surface area contributed by atoms with Crippen LogP contribution in [0, 0.1) is 0 Å². The third-order valence-electron chi connectivity index (χ3n) is 3.71. The molecule has 0 radical (unpaired) electrons. The standard InChI is InChI=1S/C19H27NO7/c1-24-16-5-6-17(25-2)15(14-16)4-7-18(22)20(9-8-19(23)26-3)10-12-27-13-11-21/h4-7,14,21H,8-13H2,1-3H3/b7-4+. The zero-order valence-electron chi connectivity index (χ0n) is 16.0. The van der Waals surface area contributed by atoms with E-state index in [9.17, 15) is 9.59 Å². The molecule has 8 nitrogen and oxygen atoms in total. The van der Waals surface area contributed by atoms with Crippen LogP contribution in [0.5, 0.6) is 11.5 Å². The number of nitrogens with zero attached hydrogens (tertiary/aromatic N) is 1. The van der Waals surface area contributed by atoms with E-state index in [4.69, 9.17) is 19.3 Å². The lowest BCUT2D eigenvalue weighted by Gasteiger charge is -2.20. The van der Waals surface area contributed by atoms with Crippen LogP contribution < -0.4 is 9.47 Å². The van der Waals surface area contributed by atoms with E-state index in [1.165, 1.54) is 18.1 Å². The highest BCUT2D eigenvalue weighted by atomic mass is 16.5. The summed E-state index contributed by atoms with van der Waals surface area (Å²) >= 11 is 0. The molecule has 1 rings (SSSR count). The number of hydrogen-bond acceptors (Lipinski definition) is 7. The lowest BCUT2D eigenvalue weighted by molar-refractivity contribution is -0.141. The Morgan fingerprint density at radius 3 is 2.52 bits per heavy atom. The summed E-state index contributed by atoms with van der Waals surface area (Å²) < 4.78 is 20.3. The number of hydrogen-bond donors (Lipinski definition) is 1. The van der Waals surface area contributed by atoms with Crippen LogP contribution in [0.4, 0.5) is 0 Å². The smallest absolute Gasteiger partial charge is 0.307 e. The molecule has 1 amide bonds. The third-order valence-corrected chi connectivity index (χ3v) is 3.71. The maximum atomic E-state index is 12.5. The number of amides is 1. The summed E-state index contributed by atoms with van der Waals surface area (Å²) in [6.45, 7) is 0.842. The lowest BCUT2D eigenvalue weighted by atomic mass is 10.1. The molecule has 0 heterocycles. The monoisotopic (exact) mass is 381 g/mol. The summed E-state index contributed by atoms with van der Waals surface area (Å²) in [5.41, 5.74) is 0.689. The van der Waals surface area contributed by atoms with Crippen molar-refractivity contribution in [1.82, 2.24) is 4.90 Å². The topological polar surface area (TPSA) is 94.5 Å². The van der Waals surface area contributed by atoms with Crippen molar-refractivity contribution in [2.45, 2.75) is 6.42 Å². The predicted molar refractivity (Wildman–Crippen MR) is 99.7 cm³/mol. The fourth-order valence-corrected chi connectivity index (χ4v) is 2.24. The number of benzene rings is 1. The minimum atomic E-state index is -0.400. The number of aliphatic hydroxyl groups is 1. The molecule has 1 aromatic rings. The number of ether oxygens (including phenoxy) is 4. The molecule has 1 N–H and O–H groups in total. The van der Waals surface area contributed by atoms with Crippen LogP contribution in [0.15, 0.2) is 24.3 Å². The second kappa shape index (κ2) is 12.7. The molecule has 0 saturated heterocycles. The zero-order chi connectivity index (χ0) is 20.1. The molecule has 0 fully saturated rings. The van der Waals surface area contributed by atoms with Crippen LogP contribution in [0.25, 0.3) is 6.08 Å². The van der Waals surface area contributed by atoms with E-state index in [1.807, 2.05) is 0 Å². The highest BCUT2D eigenvalue weighted by Crippen LogP contribution is 2.25. The van der Waals surface area contributed by atoms with Crippen molar-refractivity contribution in [3.05, 3.63) is 29.8 Å². The second-order valence-electron chi connectivity index (χ2n) is 5.43. The van der Waals surface area contributed by atoms with E-state index in [-0.39, 0.29) is 45.2 Å². The second-order valence-corrected chi connectivity index (χ2v) is 5.43. The maximum absolute atomic E-state index is 12.5. The minimum Gasteiger partial charge on any atom is -0.497 e. The summed E-state index contributed by atoms with van der Waals surface area (Å²) in [4.78, 5) is 25.4. The molecular formula is C19H27NO7. The SMILES string of the molecule is COC(=O)CCN(CCOCCO)C(=O)/C=C/c1cc(OC)ccc1OC. The third kappa shape index (κ3) is 8.10. The molecule has 150 valence electrons. The Bertz CT molecular complexity index is 630. The number of rotatable bonds is 12. The van der Waals surface area contributed by atoms with Gasteiger partial charge in [0.05, 0.1) is 47.6 Å². The average Bonchev–Trinajstić information content (AvgIpc) is 2.70. The van der Waals surface area contributed by atoms with Gasteiger partial charge in [0.2, 0.25) is 5.91 Å². The Kier molecular flexibility index (Phi) is 10.6. The van der Waals surface area contributed by atoms with Gasteiger partial charge >= 0.3 is 5.97 Å². The predicted octanol–water partition coefficient (Wildman–Crippen LogP) is 1.12. The fraction of sp³-hybridized carbons (Fsp3) is 0.474. The van der Waals surface area contributed by atoms with Gasteiger partial charge in [-0.15, -0.1) is 0 Å². The maximum Gasteiger partial charge on any atom is 0.307 e. The number of esters is 1. The molecule has 0 saturated carbocycles. The first-order valence-electron chi connectivity index (χ1n) is 8.50. The number of carbonyl (C=O) groups is 2. The van der Waals surface area contributed by atoms with Gasteiger partial charge in [-0.3, -0.25) is 9.59 Å². The van der Waals surface area contributed by atoms with E-state index in [1.54, 1.807) is 38.5 Å². The van der Waals surface area contributed by atoms with Crippen LogP contribution in [0.2, 0.25) is 0 Å². The van der Waals surface area contributed by atoms with Crippen molar-refractivity contribution in [1.29, 1.82) is 0 Å².